The van der Waals surface area contributed by atoms with Crippen LogP contribution in [0.3, 0.4) is 0 Å². The summed E-state index contributed by atoms with van der Waals surface area (Å²) in [4.78, 5) is 2.54. The van der Waals surface area contributed by atoms with Gasteiger partial charge in [0.25, 0.3) is 0 Å². The van der Waals surface area contributed by atoms with Crippen molar-refractivity contribution in [2.24, 2.45) is 5.92 Å². The van der Waals surface area contributed by atoms with Crippen LogP contribution in [0.2, 0.25) is 0 Å². The minimum atomic E-state index is 0.0609. The molecule has 4 nitrogen and oxygen atoms in total. The fourth-order valence-electron chi connectivity index (χ4n) is 4.35. The van der Waals surface area contributed by atoms with Crippen molar-refractivity contribution in [3.63, 3.8) is 0 Å². The average molecular weight is 330 g/mol. The number of hydrogen-bond acceptors (Lipinski definition) is 4. The predicted octanol–water partition coefficient (Wildman–Crippen LogP) is 3.13. The zero-order chi connectivity index (χ0) is 16.2. The van der Waals surface area contributed by atoms with Gasteiger partial charge in [-0.15, -0.1) is 0 Å². The SMILES string of the molecule is c1cc(N2CCC(CC3OCCO3)CC2)ccc1C1CCNCC1. The fourth-order valence-corrected chi connectivity index (χ4v) is 4.35. The lowest BCUT2D eigenvalue weighted by atomic mass is 9.90. The number of rotatable bonds is 4. The molecule has 0 aliphatic carbocycles. The average Bonchev–Trinajstić information content (AvgIpc) is 3.16. The summed E-state index contributed by atoms with van der Waals surface area (Å²) in [6, 6.07) is 9.39. The molecule has 4 rings (SSSR count). The van der Waals surface area contributed by atoms with E-state index >= 15 is 0 Å². The van der Waals surface area contributed by atoms with E-state index in [4.69, 9.17) is 9.47 Å². The molecule has 132 valence electrons. The van der Waals surface area contributed by atoms with Crippen LogP contribution in [0.1, 0.15) is 43.6 Å². The molecule has 0 amide bonds. The molecule has 0 unspecified atom stereocenters. The van der Waals surface area contributed by atoms with Gasteiger partial charge in [0.1, 0.15) is 0 Å². The van der Waals surface area contributed by atoms with Crippen LogP contribution in [0, 0.1) is 5.92 Å². The molecular weight excluding hydrogens is 300 g/mol. The number of piperidine rings is 2. The van der Waals surface area contributed by atoms with Gasteiger partial charge in [0.05, 0.1) is 13.2 Å². The van der Waals surface area contributed by atoms with Gasteiger partial charge in [-0.25, -0.2) is 0 Å². The number of hydrogen-bond donors (Lipinski definition) is 1. The first-order chi connectivity index (χ1) is 11.9. The molecule has 0 spiro atoms. The van der Waals surface area contributed by atoms with Crippen LogP contribution < -0.4 is 10.2 Å². The van der Waals surface area contributed by atoms with Gasteiger partial charge in [0.15, 0.2) is 6.29 Å². The van der Waals surface area contributed by atoms with Crippen LogP contribution in [0.5, 0.6) is 0 Å². The third-order valence-corrected chi connectivity index (χ3v) is 5.90. The van der Waals surface area contributed by atoms with E-state index in [0.29, 0.717) is 0 Å². The minimum absolute atomic E-state index is 0.0609. The molecule has 24 heavy (non-hydrogen) atoms. The van der Waals surface area contributed by atoms with Gasteiger partial charge in [0, 0.05) is 25.2 Å². The molecule has 1 aromatic rings. The first-order valence-corrected chi connectivity index (χ1v) is 9.67. The molecular formula is C20H30N2O2. The molecule has 3 heterocycles. The first-order valence-electron chi connectivity index (χ1n) is 9.67. The summed E-state index contributed by atoms with van der Waals surface area (Å²) in [6.07, 6.45) is 6.18. The molecule has 0 atom stereocenters. The van der Waals surface area contributed by atoms with Crippen molar-refractivity contribution in [1.82, 2.24) is 5.32 Å². The van der Waals surface area contributed by atoms with Crippen LogP contribution in [0.4, 0.5) is 5.69 Å². The molecule has 3 aliphatic heterocycles. The molecule has 0 bridgehead atoms. The second-order valence-corrected chi connectivity index (χ2v) is 7.45. The maximum atomic E-state index is 5.60. The Labute approximate surface area is 145 Å². The molecule has 3 aliphatic rings. The summed E-state index contributed by atoms with van der Waals surface area (Å²) in [5.41, 5.74) is 2.91. The molecule has 1 aromatic carbocycles. The third kappa shape index (κ3) is 3.93. The van der Waals surface area contributed by atoms with Crippen molar-refractivity contribution >= 4 is 5.69 Å². The van der Waals surface area contributed by atoms with Crippen molar-refractivity contribution < 1.29 is 9.47 Å². The van der Waals surface area contributed by atoms with Crippen LogP contribution >= 0.6 is 0 Å². The van der Waals surface area contributed by atoms with E-state index in [1.807, 2.05) is 0 Å². The number of anilines is 1. The topological polar surface area (TPSA) is 33.7 Å². The lowest BCUT2D eigenvalue weighted by Gasteiger charge is -2.34. The Morgan fingerprint density at radius 3 is 2.25 bits per heavy atom. The van der Waals surface area contributed by atoms with E-state index in [-0.39, 0.29) is 6.29 Å². The summed E-state index contributed by atoms with van der Waals surface area (Å²) < 4.78 is 11.2. The molecule has 4 heteroatoms. The van der Waals surface area contributed by atoms with Gasteiger partial charge < -0.3 is 19.7 Å². The summed E-state index contributed by atoms with van der Waals surface area (Å²) in [6.45, 7) is 6.18. The highest BCUT2D eigenvalue weighted by molar-refractivity contribution is 5.48. The monoisotopic (exact) mass is 330 g/mol. The zero-order valence-corrected chi connectivity index (χ0v) is 14.6. The van der Waals surface area contributed by atoms with E-state index in [2.05, 4.69) is 34.5 Å². The van der Waals surface area contributed by atoms with E-state index < -0.39 is 0 Å². The Balaban J connectivity index is 1.28. The second-order valence-electron chi connectivity index (χ2n) is 7.45. The van der Waals surface area contributed by atoms with E-state index in [1.54, 1.807) is 0 Å². The standard InChI is InChI=1S/C20H30N2O2/c1-3-19(4-2-17(1)18-5-9-21-10-6-18)22-11-7-16(8-12-22)15-20-23-13-14-24-20/h1-4,16,18,20-21H,5-15H2. The van der Waals surface area contributed by atoms with Gasteiger partial charge in [-0.3, -0.25) is 0 Å². The van der Waals surface area contributed by atoms with Gasteiger partial charge in [-0.2, -0.15) is 0 Å². The van der Waals surface area contributed by atoms with Crippen molar-refractivity contribution in [1.29, 1.82) is 0 Å². The molecule has 3 fully saturated rings. The van der Waals surface area contributed by atoms with Crippen LogP contribution in [-0.4, -0.2) is 45.7 Å². The van der Waals surface area contributed by atoms with Gasteiger partial charge in [-0.05, 0) is 68.3 Å². The minimum Gasteiger partial charge on any atom is -0.372 e. The van der Waals surface area contributed by atoms with Crippen LogP contribution in [-0.2, 0) is 9.47 Å². The predicted molar refractivity (Wildman–Crippen MR) is 96.5 cm³/mol. The van der Waals surface area contributed by atoms with E-state index in [1.165, 1.54) is 36.9 Å². The highest BCUT2D eigenvalue weighted by Gasteiger charge is 2.25. The van der Waals surface area contributed by atoms with Gasteiger partial charge >= 0.3 is 0 Å². The molecule has 3 saturated heterocycles. The van der Waals surface area contributed by atoms with Crippen molar-refractivity contribution in [2.75, 3.05) is 44.3 Å². The lowest BCUT2D eigenvalue weighted by molar-refractivity contribution is -0.0586. The van der Waals surface area contributed by atoms with Crippen LogP contribution in [0.25, 0.3) is 0 Å². The lowest BCUT2D eigenvalue weighted by Crippen LogP contribution is -2.34. The summed E-state index contributed by atoms with van der Waals surface area (Å²) in [7, 11) is 0. The number of ether oxygens (including phenoxy) is 2. The Kier molecular flexibility index (Phi) is 5.36. The van der Waals surface area contributed by atoms with Gasteiger partial charge in [0.2, 0.25) is 0 Å². The fraction of sp³-hybridized carbons (Fsp3) is 0.700. The number of benzene rings is 1. The Bertz CT molecular complexity index is 499. The van der Waals surface area contributed by atoms with Crippen LogP contribution in [0.15, 0.2) is 24.3 Å². The van der Waals surface area contributed by atoms with E-state index in [0.717, 1.165) is 57.6 Å². The van der Waals surface area contributed by atoms with Gasteiger partial charge in [-0.1, -0.05) is 12.1 Å². The quantitative estimate of drug-likeness (QED) is 0.920. The molecule has 0 saturated carbocycles. The van der Waals surface area contributed by atoms with Crippen molar-refractivity contribution in [3.05, 3.63) is 29.8 Å². The normalized spacial score (nSPS) is 24.6. The number of nitrogens with one attached hydrogen (secondary N) is 1. The Morgan fingerprint density at radius 2 is 1.58 bits per heavy atom. The highest BCUT2D eigenvalue weighted by Crippen LogP contribution is 2.30. The summed E-state index contributed by atoms with van der Waals surface area (Å²) in [5, 5.41) is 3.45. The highest BCUT2D eigenvalue weighted by atomic mass is 16.7. The third-order valence-electron chi connectivity index (χ3n) is 5.90. The Hall–Kier alpha value is -1.10. The molecule has 0 aromatic heterocycles. The smallest absolute Gasteiger partial charge is 0.158 e. The Morgan fingerprint density at radius 1 is 0.917 bits per heavy atom. The summed E-state index contributed by atoms with van der Waals surface area (Å²) >= 11 is 0. The second kappa shape index (κ2) is 7.85. The zero-order valence-electron chi connectivity index (χ0n) is 14.6. The first kappa shape index (κ1) is 16.4. The largest absolute Gasteiger partial charge is 0.372 e. The summed E-state index contributed by atoms with van der Waals surface area (Å²) in [5.74, 6) is 1.50. The molecule has 0 radical (unpaired) electrons. The van der Waals surface area contributed by atoms with E-state index in [9.17, 15) is 0 Å². The number of nitrogens with zero attached hydrogens (tertiary/aromatic N) is 1. The molecule has 1 N–H and O–H groups in total. The maximum absolute atomic E-state index is 5.60. The van der Waals surface area contributed by atoms with Crippen molar-refractivity contribution in [2.45, 2.75) is 44.3 Å². The van der Waals surface area contributed by atoms with Crippen molar-refractivity contribution in [3.8, 4) is 0 Å². The maximum Gasteiger partial charge on any atom is 0.158 e.